The van der Waals surface area contributed by atoms with Crippen molar-refractivity contribution < 1.29 is 9.47 Å². The highest BCUT2D eigenvalue weighted by Crippen LogP contribution is 2.27. The van der Waals surface area contributed by atoms with Gasteiger partial charge in [0.25, 0.3) is 0 Å². The van der Waals surface area contributed by atoms with E-state index in [1.54, 1.807) is 25.3 Å². The summed E-state index contributed by atoms with van der Waals surface area (Å²) in [5.74, 6) is 1.33. The third-order valence-electron chi connectivity index (χ3n) is 3.41. The van der Waals surface area contributed by atoms with Gasteiger partial charge in [-0.25, -0.2) is 0 Å². The summed E-state index contributed by atoms with van der Waals surface area (Å²) in [5, 5.41) is 8.90. The molecule has 0 aromatic heterocycles. The van der Waals surface area contributed by atoms with E-state index in [4.69, 9.17) is 14.7 Å². The highest BCUT2D eigenvalue weighted by molar-refractivity contribution is 5.46. The van der Waals surface area contributed by atoms with Crippen molar-refractivity contribution in [3.63, 3.8) is 0 Å². The smallest absolute Gasteiger partial charge is 0.162 e. The third-order valence-corrected chi connectivity index (χ3v) is 3.41. The zero-order chi connectivity index (χ0) is 13.5. The first-order chi connectivity index (χ1) is 9.33. The molecule has 102 valence electrons. The van der Waals surface area contributed by atoms with Gasteiger partial charge in [-0.3, -0.25) is 4.90 Å². The summed E-state index contributed by atoms with van der Waals surface area (Å²) in [7, 11) is 1.61. The lowest BCUT2D eigenvalue weighted by Crippen LogP contribution is -2.33. The molecule has 1 aromatic carbocycles. The van der Waals surface area contributed by atoms with E-state index in [0.717, 1.165) is 6.54 Å². The molecule has 1 aromatic rings. The van der Waals surface area contributed by atoms with Crippen molar-refractivity contribution in [2.24, 2.45) is 0 Å². The molecule has 2 rings (SSSR count). The lowest BCUT2D eigenvalue weighted by atomic mass is 10.1. The standard InChI is InChI=1S/C15H20N2O2/c1-18-14-6-5-13(12-16)11-15(14)19-10-9-17-7-3-2-4-8-17/h5-6,11H,2-4,7-10H2,1H3. The van der Waals surface area contributed by atoms with Crippen LogP contribution in [0.2, 0.25) is 0 Å². The van der Waals surface area contributed by atoms with Crippen LogP contribution in [-0.2, 0) is 0 Å². The van der Waals surface area contributed by atoms with Crippen LogP contribution in [0.3, 0.4) is 0 Å². The van der Waals surface area contributed by atoms with Crippen LogP contribution >= 0.6 is 0 Å². The van der Waals surface area contributed by atoms with Gasteiger partial charge in [-0.1, -0.05) is 6.42 Å². The van der Waals surface area contributed by atoms with Crippen LogP contribution in [0, 0.1) is 11.3 Å². The Balaban J connectivity index is 1.89. The van der Waals surface area contributed by atoms with Crippen molar-refractivity contribution in [2.75, 3.05) is 33.4 Å². The second-order valence-corrected chi connectivity index (χ2v) is 4.73. The Morgan fingerprint density at radius 3 is 2.68 bits per heavy atom. The number of benzene rings is 1. The average Bonchev–Trinajstić information content (AvgIpc) is 2.48. The number of rotatable bonds is 5. The molecule has 0 unspecified atom stereocenters. The monoisotopic (exact) mass is 260 g/mol. The van der Waals surface area contributed by atoms with E-state index in [0.29, 0.717) is 23.7 Å². The molecule has 1 aliphatic heterocycles. The van der Waals surface area contributed by atoms with Crippen molar-refractivity contribution in [1.82, 2.24) is 4.90 Å². The molecule has 4 heteroatoms. The van der Waals surface area contributed by atoms with Crippen molar-refractivity contribution in [2.45, 2.75) is 19.3 Å². The number of hydrogen-bond donors (Lipinski definition) is 0. The Bertz CT molecular complexity index is 448. The van der Waals surface area contributed by atoms with Gasteiger partial charge < -0.3 is 9.47 Å². The fourth-order valence-electron chi connectivity index (χ4n) is 2.33. The van der Waals surface area contributed by atoms with E-state index < -0.39 is 0 Å². The first kappa shape index (κ1) is 13.7. The molecule has 0 spiro atoms. The largest absolute Gasteiger partial charge is 0.493 e. The molecule has 0 saturated carbocycles. The summed E-state index contributed by atoms with van der Waals surface area (Å²) in [6.45, 7) is 3.89. The van der Waals surface area contributed by atoms with E-state index in [2.05, 4.69) is 11.0 Å². The van der Waals surface area contributed by atoms with Gasteiger partial charge in [0.1, 0.15) is 6.61 Å². The Morgan fingerprint density at radius 1 is 1.21 bits per heavy atom. The van der Waals surface area contributed by atoms with Crippen LogP contribution in [0.5, 0.6) is 11.5 Å². The van der Waals surface area contributed by atoms with E-state index in [1.807, 2.05) is 0 Å². The van der Waals surface area contributed by atoms with Gasteiger partial charge in [-0.2, -0.15) is 5.26 Å². The predicted molar refractivity (Wildman–Crippen MR) is 73.5 cm³/mol. The van der Waals surface area contributed by atoms with Gasteiger partial charge in [0.2, 0.25) is 0 Å². The molecular weight excluding hydrogens is 240 g/mol. The summed E-state index contributed by atoms with van der Waals surface area (Å²) in [6.07, 6.45) is 3.91. The molecule has 1 fully saturated rings. The molecule has 0 bridgehead atoms. The van der Waals surface area contributed by atoms with Gasteiger partial charge in [0, 0.05) is 12.6 Å². The Labute approximate surface area is 114 Å². The second kappa shape index (κ2) is 7.01. The van der Waals surface area contributed by atoms with Crippen molar-refractivity contribution in [3.05, 3.63) is 23.8 Å². The van der Waals surface area contributed by atoms with Crippen LogP contribution in [-0.4, -0.2) is 38.3 Å². The summed E-state index contributed by atoms with van der Waals surface area (Å²) in [6, 6.07) is 7.35. The van der Waals surface area contributed by atoms with E-state index >= 15 is 0 Å². The first-order valence-corrected chi connectivity index (χ1v) is 6.77. The number of nitriles is 1. The normalized spacial score (nSPS) is 15.8. The maximum Gasteiger partial charge on any atom is 0.162 e. The maximum atomic E-state index is 8.90. The lowest BCUT2D eigenvalue weighted by molar-refractivity contribution is 0.180. The number of methoxy groups -OCH3 is 1. The molecule has 1 heterocycles. The average molecular weight is 260 g/mol. The predicted octanol–water partition coefficient (Wildman–Crippen LogP) is 2.43. The number of piperidine rings is 1. The minimum Gasteiger partial charge on any atom is -0.493 e. The molecule has 0 N–H and O–H groups in total. The molecule has 0 atom stereocenters. The summed E-state index contributed by atoms with van der Waals surface area (Å²) >= 11 is 0. The number of hydrogen-bond acceptors (Lipinski definition) is 4. The van der Waals surface area contributed by atoms with E-state index in [1.165, 1.54) is 32.4 Å². The second-order valence-electron chi connectivity index (χ2n) is 4.73. The lowest BCUT2D eigenvalue weighted by Gasteiger charge is -2.26. The van der Waals surface area contributed by atoms with E-state index in [9.17, 15) is 0 Å². The van der Waals surface area contributed by atoms with Crippen molar-refractivity contribution >= 4 is 0 Å². The number of ether oxygens (including phenoxy) is 2. The van der Waals surface area contributed by atoms with E-state index in [-0.39, 0.29) is 0 Å². The molecule has 4 nitrogen and oxygen atoms in total. The Hall–Kier alpha value is -1.73. The number of nitrogens with zero attached hydrogens (tertiary/aromatic N) is 2. The molecule has 19 heavy (non-hydrogen) atoms. The van der Waals surface area contributed by atoms with Crippen LogP contribution in [0.1, 0.15) is 24.8 Å². The topological polar surface area (TPSA) is 45.5 Å². The minimum absolute atomic E-state index is 0.591. The highest BCUT2D eigenvalue weighted by Gasteiger charge is 2.11. The third kappa shape index (κ3) is 3.87. The van der Waals surface area contributed by atoms with Crippen LogP contribution in [0.4, 0.5) is 0 Å². The van der Waals surface area contributed by atoms with Crippen LogP contribution < -0.4 is 9.47 Å². The zero-order valence-corrected chi connectivity index (χ0v) is 11.4. The summed E-state index contributed by atoms with van der Waals surface area (Å²) in [5.41, 5.74) is 0.591. The molecule has 0 amide bonds. The highest BCUT2D eigenvalue weighted by atomic mass is 16.5. The first-order valence-electron chi connectivity index (χ1n) is 6.77. The Kier molecular flexibility index (Phi) is 5.05. The molecule has 0 aliphatic carbocycles. The van der Waals surface area contributed by atoms with Gasteiger partial charge in [0.15, 0.2) is 11.5 Å². The van der Waals surface area contributed by atoms with Crippen LogP contribution in [0.25, 0.3) is 0 Å². The maximum absolute atomic E-state index is 8.90. The van der Waals surface area contributed by atoms with Gasteiger partial charge in [-0.15, -0.1) is 0 Å². The van der Waals surface area contributed by atoms with Crippen LogP contribution in [0.15, 0.2) is 18.2 Å². The summed E-state index contributed by atoms with van der Waals surface area (Å²) < 4.78 is 11.0. The minimum atomic E-state index is 0.591. The molecule has 1 aliphatic rings. The molecule has 0 radical (unpaired) electrons. The van der Waals surface area contributed by atoms with Gasteiger partial charge in [-0.05, 0) is 38.1 Å². The SMILES string of the molecule is COc1ccc(C#N)cc1OCCN1CCCCC1. The van der Waals surface area contributed by atoms with Gasteiger partial charge in [0.05, 0.1) is 18.7 Å². The Morgan fingerprint density at radius 2 is 2.00 bits per heavy atom. The molecular formula is C15H20N2O2. The fraction of sp³-hybridized carbons (Fsp3) is 0.533. The number of likely N-dealkylation sites (tertiary alicyclic amines) is 1. The summed E-state index contributed by atoms with van der Waals surface area (Å²) in [4.78, 5) is 2.42. The fourth-order valence-corrected chi connectivity index (χ4v) is 2.33. The van der Waals surface area contributed by atoms with Crippen molar-refractivity contribution in [1.29, 1.82) is 5.26 Å². The van der Waals surface area contributed by atoms with Gasteiger partial charge >= 0.3 is 0 Å². The zero-order valence-electron chi connectivity index (χ0n) is 11.4. The molecule has 1 saturated heterocycles. The quantitative estimate of drug-likeness (QED) is 0.815. The van der Waals surface area contributed by atoms with Crippen molar-refractivity contribution in [3.8, 4) is 17.6 Å².